The zero-order chi connectivity index (χ0) is 28.6. The Hall–Kier alpha value is -5.54. The molecule has 0 amide bonds. The van der Waals surface area contributed by atoms with Crippen molar-refractivity contribution >= 4 is 22.0 Å². The average molecular weight is 554 g/mol. The van der Waals surface area contributed by atoms with Crippen LogP contribution in [0.25, 0.3) is 38.6 Å². The maximum Gasteiger partial charge on any atom is 0.133 e. The summed E-state index contributed by atoms with van der Waals surface area (Å²) in [6, 6.07) is 54.4. The Morgan fingerprint density at radius 2 is 1.12 bits per heavy atom. The van der Waals surface area contributed by atoms with Crippen LogP contribution in [0.15, 0.2) is 169 Å². The summed E-state index contributed by atoms with van der Waals surface area (Å²) in [7, 11) is 0. The molecule has 3 nitrogen and oxygen atoms in total. The van der Waals surface area contributed by atoms with Gasteiger partial charge in [-0.05, 0) is 80.6 Å². The lowest BCUT2D eigenvalue weighted by Gasteiger charge is -2.30. The van der Waals surface area contributed by atoms with E-state index in [1.807, 2.05) is 0 Å². The minimum Gasteiger partial charge on any atom is -0.366 e. The topological polar surface area (TPSA) is 27.3 Å². The van der Waals surface area contributed by atoms with Crippen molar-refractivity contribution in [3.63, 3.8) is 0 Å². The third-order valence-corrected chi connectivity index (χ3v) is 8.44. The second-order valence-electron chi connectivity index (χ2n) is 11.1. The second kappa shape index (κ2) is 10.7. The van der Waals surface area contributed by atoms with Gasteiger partial charge in [-0.15, -0.1) is 0 Å². The summed E-state index contributed by atoms with van der Waals surface area (Å²) >= 11 is 0. The molecule has 43 heavy (non-hydrogen) atoms. The van der Waals surface area contributed by atoms with Crippen molar-refractivity contribution in [1.29, 1.82) is 0 Å². The zero-order valence-corrected chi connectivity index (χ0v) is 23.7. The normalized spacial score (nSPS) is 16.0. The number of dihydropyridines is 1. The molecule has 0 saturated heterocycles. The van der Waals surface area contributed by atoms with E-state index in [9.17, 15) is 0 Å². The molecular weight excluding hydrogens is 522 g/mol. The first-order chi connectivity index (χ1) is 21.3. The van der Waals surface area contributed by atoms with Crippen LogP contribution in [0, 0.1) is 0 Å². The lowest BCUT2D eigenvalue weighted by molar-refractivity contribution is 0.643. The number of hydrogen-bond donors (Lipinski definition) is 2. The Morgan fingerprint density at radius 1 is 0.512 bits per heavy atom. The molecule has 3 heteroatoms. The molecule has 2 aliphatic rings. The van der Waals surface area contributed by atoms with Gasteiger partial charge in [0.1, 0.15) is 12.0 Å². The molecule has 2 aliphatic heterocycles. The highest BCUT2D eigenvalue weighted by Crippen LogP contribution is 2.42. The summed E-state index contributed by atoms with van der Waals surface area (Å²) in [6.45, 7) is 0.762. The smallest absolute Gasteiger partial charge is 0.133 e. The molecule has 0 saturated carbocycles. The number of para-hydroxylation sites is 1. The number of nitrogens with one attached hydrogen (secondary N) is 2. The predicted octanol–water partition coefficient (Wildman–Crippen LogP) is 9.14. The van der Waals surface area contributed by atoms with E-state index in [0.717, 1.165) is 23.8 Å². The highest BCUT2D eigenvalue weighted by atomic mass is 15.4. The van der Waals surface area contributed by atoms with Crippen molar-refractivity contribution in [2.45, 2.75) is 6.17 Å². The van der Waals surface area contributed by atoms with Gasteiger partial charge < -0.3 is 15.5 Å². The summed E-state index contributed by atoms with van der Waals surface area (Å²) in [4.78, 5) is 2.42. The minimum absolute atomic E-state index is 0.104. The van der Waals surface area contributed by atoms with Crippen molar-refractivity contribution in [1.82, 2.24) is 10.6 Å². The van der Waals surface area contributed by atoms with Gasteiger partial charge in [0, 0.05) is 17.8 Å². The molecule has 0 radical (unpaired) electrons. The highest BCUT2D eigenvalue weighted by Gasteiger charge is 2.37. The molecule has 1 unspecified atom stereocenters. The maximum atomic E-state index is 3.99. The standard InChI is InChI=1S/C40H31N3/c1-4-12-28(13-5-1)33-25-34(29-14-6-2-7-15-29)27-35(26-33)39-42-38-37(32-21-20-30-16-10-11-17-31(30)24-32)22-23-41-40(38)43(39)36-18-8-3-9-19-36/h1-22,24-27,39,41-42H,23H2. The zero-order valence-electron chi connectivity index (χ0n) is 23.7. The fourth-order valence-electron chi connectivity index (χ4n) is 6.37. The monoisotopic (exact) mass is 553 g/mol. The van der Waals surface area contributed by atoms with Gasteiger partial charge in [0.2, 0.25) is 0 Å². The fourth-order valence-corrected chi connectivity index (χ4v) is 6.37. The minimum atomic E-state index is -0.104. The Labute approximate surface area is 252 Å². The van der Waals surface area contributed by atoms with Crippen LogP contribution < -0.4 is 15.5 Å². The average Bonchev–Trinajstić information content (AvgIpc) is 3.49. The molecule has 2 N–H and O–H groups in total. The summed E-state index contributed by atoms with van der Waals surface area (Å²) in [5.74, 6) is 1.10. The molecule has 6 aromatic rings. The van der Waals surface area contributed by atoms with Crippen LogP contribution in [0.4, 0.5) is 5.69 Å². The van der Waals surface area contributed by atoms with Crippen molar-refractivity contribution < 1.29 is 0 Å². The molecule has 8 rings (SSSR count). The van der Waals surface area contributed by atoms with Gasteiger partial charge in [0.05, 0.1) is 5.70 Å². The molecule has 2 heterocycles. The quantitative estimate of drug-likeness (QED) is 0.223. The van der Waals surface area contributed by atoms with Crippen molar-refractivity contribution in [2.24, 2.45) is 0 Å². The van der Waals surface area contributed by atoms with E-state index in [-0.39, 0.29) is 6.17 Å². The number of allylic oxidation sites excluding steroid dienone is 1. The fraction of sp³-hybridized carbons (Fsp3) is 0.0500. The first kappa shape index (κ1) is 25.2. The van der Waals surface area contributed by atoms with Gasteiger partial charge >= 0.3 is 0 Å². The second-order valence-corrected chi connectivity index (χ2v) is 11.1. The summed E-state index contributed by atoms with van der Waals surface area (Å²) in [5, 5.41) is 10.2. The van der Waals surface area contributed by atoms with Crippen molar-refractivity contribution in [3.8, 4) is 22.3 Å². The number of nitrogens with zero attached hydrogens (tertiary/aromatic N) is 1. The van der Waals surface area contributed by atoms with Gasteiger partial charge in [0.15, 0.2) is 0 Å². The van der Waals surface area contributed by atoms with Gasteiger partial charge in [-0.25, -0.2) is 0 Å². The summed E-state index contributed by atoms with van der Waals surface area (Å²) < 4.78 is 0. The largest absolute Gasteiger partial charge is 0.366 e. The van der Waals surface area contributed by atoms with Crippen LogP contribution in [0.5, 0.6) is 0 Å². The number of fused-ring (bicyclic) bond motifs is 1. The SMILES string of the molecule is C1=C(c2ccc3ccccc3c2)C2=C(NC1)N(c1ccccc1)C(c1cc(-c3ccccc3)cc(-c3ccccc3)c1)N2. The van der Waals surface area contributed by atoms with Gasteiger partial charge in [-0.2, -0.15) is 0 Å². The molecule has 206 valence electrons. The first-order valence-electron chi connectivity index (χ1n) is 14.9. The third-order valence-electron chi connectivity index (χ3n) is 8.44. The van der Waals surface area contributed by atoms with Gasteiger partial charge in [-0.3, -0.25) is 0 Å². The van der Waals surface area contributed by atoms with E-state index < -0.39 is 0 Å². The molecule has 0 aliphatic carbocycles. The Morgan fingerprint density at radius 3 is 1.79 bits per heavy atom. The molecule has 0 spiro atoms. The van der Waals surface area contributed by atoms with Gasteiger partial charge in [-0.1, -0.05) is 121 Å². The number of benzene rings is 6. The van der Waals surface area contributed by atoms with Crippen LogP contribution in [-0.4, -0.2) is 6.54 Å². The van der Waals surface area contributed by atoms with Crippen LogP contribution in [0.1, 0.15) is 17.3 Å². The molecule has 6 aromatic carbocycles. The van der Waals surface area contributed by atoms with E-state index in [1.165, 1.54) is 49.7 Å². The van der Waals surface area contributed by atoms with Crippen molar-refractivity contribution in [3.05, 3.63) is 180 Å². The molecular formula is C40H31N3. The summed E-state index contributed by atoms with van der Waals surface area (Å²) in [5.41, 5.74) is 10.7. The van der Waals surface area contributed by atoms with Gasteiger partial charge in [0.25, 0.3) is 0 Å². The lowest BCUT2D eigenvalue weighted by Crippen LogP contribution is -2.34. The van der Waals surface area contributed by atoms with Crippen LogP contribution in [0.2, 0.25) is 0 Å². The van der Waals surface area contributed by atoms with E-state index in [4.69, 9.17) is 0 Å². The van der Waals surface area contributed by atoms with E-state index in [1.54, 1.807) is 0 Å². The van der Waals surface area contributed by atoms with E-state index in [2.05, 4.69) is 173 Å². The Balaban J connectivity index is 1.28. The number of rotatable bonds is 5. The first-order valence-corrected chi connectivity index (χ1v) is 14.9. The lowest BCUT2D eigenvalue weighted by atomic mass is 9.94. The highest BCUT2D eigenvalue weighted by molar-refractivity contribution is 5.91. The van der Waals surface area contributed by atoms with Crippen LogP contribution >= 0.6 is 0 Å². The molecule has 1 atom stereocenters. The van der Waals surface area contributed by atoms with Crippen LogP contribution in [0.3, 0.4) is 0 Å². The Kier molecular flexibility index (Phi) is 6.27. The Bertz CT molecular complexity index is 1930. The van der Waals surface area contributed by atoms with Crippen molar-refractivity contribution in [2.75, 3.05) is 11.4 Å². The van der Waals surface area contributed by atoms with E-state index in [0.29, 0.717) is 0 Å². The molecule has 0 bridgehead atoms. The maximum absolute atomic E-state index is 3.99. The van der Waals surface area contributed by atoms with E-state index >= 15 is 0 Å². The summed E-state index contributed by atoms with van der Waals surface area (Å²) in [6.07, 6.45) is 2.20. The number of anilines is 1. The third kappa shape index (κ3) is 4.65. The molecule has 0 aromatic heterocycles. The molecule has 0 fully saturated rings. The number of hydrogen-bond acceptors (Lipinski definition) is 3. The predicted molar refractivity (Wildman–Crippen MR) is 179 cm³/mol. The van der Waals surface area contributed by atoms with Crippen LogP contribution in [-0.2, 0) is 0 Å².